The fourth-order valence-electron chi connectivity index (χ4n) is 6.58. The van der Waals surface area contributed by atoms with Crippen molar-refractivity contribution in [2.45, 2.75) is 97.6 Å². The molecule has 0 unspecified atom stereocenters. The van der Waals surface area contributed by atoms with Crippen LogP contribution >= 0.6 is 0 Å². The van der Waals surface area contributed by atoms with Crippen LogP contribution in [0.3, 0.4) is 0 Å². The molecule has 3 aliphatic rings. The van der Waals surface area contributed by atoms with Crippen LogP contribution in [0.15, 0.2) is 16.9 Å². The first-order valence-corrected chi connectivity index (χ1v) is 16.3. The van der Waals surface area contributed by atoms with E-state index in [2.05, 4.69) is 50.7 Å². The number of piperidine rings is 1. The molecule has 0 bridgehead atoms. The standard InChI is InChI=1S/C32H49N7O5/c1-21(2)29-35-31(44-36-29)37-13-9-23(10-14-37)22(3)11-15-42-25-17-33-30(34-18-25)38-19-24(16-28(41)43-32(4,5)6)26(20-38)39-12-7-8-27(39)40/h17-18,21-24,26H,7-16,19-20H2,1-6H3/t22-,24+,26+/m1/s1. The fraction of sp³-hybridized carbons (Fsp3) is 0.750. The van der Waals surface area contributed by atoms with Crippen molar-refractivity contribution in [3.05, 3.63) is 18.2 Å². The molecular formula is C32H49N7O5. The van der Waals surface area contributed by atoms with Gasteiger partial charge in [0.05, 0.1) is 31.5 Å². The molecule has 0 saturated carbocycles. The second-order valence-electron chi connectivity index (χ2n) is 14.0. The highest BCUT2D eigenvalue weighted by atomic mass is 16.6. The molecule has 2 aromatic heterocycles. The van der Waals surface area contributed by atoms with E-state index in [1.807, 2.05) is 25.7 Å². The Kier molecular flexibility index (Phi) is 9.94. The Morgan fingerprint density at radius 3 is 2.41 bits per heavy atom. The molecule has 0 spiro atoms. The number of ether oxygens (including phenoxy) is 2. The highest BCUT2D eigenvalue weighted by Crippen LogP contribution is 2.32. The Labute approximate surface area is 260 Å². The third-order valence-corrected chi connectivity index (χ3v) is 9.07. The monoisotopic (exact) mass is 611 g/mol. The average molecular weight is 612 g/mol. The Balaban J connectivity index is 1.09. The second-order valence-corrected chi connectivity index (χ2v) is 14.0. The van der Waals surface area contributed by atoms with E-state index in [9.17, 15) is 9.59 Å². The maximum absolute atomic E-state index is 12.7. The lowest BCUT2D eigenvalue weighted by atomic mass is 9.84. The molecule has 0 aliphatic carbocycles. The van der Waals surface area contributed by atoms with Crippen LogP contribution < -0.4 is 14.5 Å². The zero-order chi connectivity index (χ0) is 31.4. The highest BCUT2D eigenvalue weighted by molar-refractivity contribution is 5.79. The molecule has 3 saturated heterocycles. The number of nitrogens with zero attached hydrogens (tertiary/aromatic N) is 7. The fourth-order valence-corrected chi connectivity index (χ4v) is 6.58. The zero-order valence-corrected chi connectivity index (χ0v) is 27.2. The van der Waals surface area contributed by atoms with Gasteiger partial charge in [0.2, 0.25) is 11.9 Å². The van der Waals surface area contributed by atoms with Gasteiger partial charge in [-0.3, -0.25) is 9.59 Å². The van der Waals surface area contributed by atoms with Crippen LogP contribution in [-0.2, 0) is 14.3 Å². The normalized spacial score (nSPS) is 22.2. The SMILES string of the molecule is CC(C)c1noc(N2CCC([C@H](C)CCOc3cnc(N4C[C@H](CC(=O)OC(C)(C)C)[C@@H](N5CCCC5=O)C4)nc3)CC2)n1. The van der Waals surface area contributed by atoms with Crippen LogP contribution in [-0.4, -0.2) is 87.9 Å². The van der Waals surface area contributed by atoms with Crippen LogP contribution in [0.4, 0.5) is 12.0 Å². The van der Waals surface area contributed by atoms with Gasteiger partial charge in [-0.05, 0) is 58.3 Å². The molecule has 0 radical (unpaired) electrons. The van der Waals surface area contributed by atoms with Gasteiger partial charge < -0.3 is 28.7 Å². The number of rotatable bonds is 11. The summed E-state index contributed by atoms with van der Waals surface area (Å²) < 4.78 is 17.1. The quantitative estimate of drug-likeness (QED) is 0.334. The highest BCUT2D eigenvalue weighted by Gasteiger charge is 2.42. The van der Waals surface area contributed by atoms with Gasteiger partial charge in [-0.2, -0.15) is 4.98 Å². The summed E-state index contributed by atoms with van der Waals surface area (Å²) in [6, 6.07) is 0.578. The lowest BCUT2D eigenvalue weighted by molar-refractivity contribution is -0.156. The van der Waals surface area contributed by atoms with E-state index in [1.165, 1.54) is 0 Å². The first-order valence-electron chi connectivity index (χ1n) is 16.3. The predicted molar refractivity (Wildman–Crippen MR) is 166 cm³/mol. The van der Waals surface area contributed by atoms with Gasteiger partial charge in [0.25, 0.3) is 0 Å². The van der Waals surface area contributed by atoms with E-state index >= 15 is 0 Å². The molecular weight excluding hydrogens is 562 g/mol. The smallest absolute Gasteiger partial charge is 0.324 e. The largest absolute Gasteiger partial charge is 0.490 e. The summed E-state index contributed by atoms with van der Waals surface area (Å²) in [5.41, 5.74) is -0.545. The molecule has 1 amide bonds. The topological polar surface area (TPSA) is 127 Å². The summed E-state index contributed by atoms with van der Waals surface area (Å²) in [5.74, 6) is 3.28. The van der Waals surface area contributed by atoms with Gasteiger partial charge >= 0.3 is 12.0 Å². The van der Waals surface area contributed by atoms with Crippen molar-refractivity contribution < 1.29 is 23.6 Å². The summed E-state index contributed by atoms with van der Waals surface area (Å²) >= 11 is 0. The Morgan fingerprint density at radius 1 is 1.07 bits per heavy atom. The number of hydrogen-bond donors (Lipinski definition) is 0. The van der Waals surface area contributed by atoms with Crippen molar-refractivity contribution in [3.63, 3.8) is 0 Å². The van der Waals surface area contributed by atoms with Crippen LogP contribution in [0, 0.1) is 17.8 Å². The lowest BCUT2D eigenvalue weighted by Gasteiger charge is -2.33. The molecule has 3 fully saturated rings. The molecule has 44 heavy (non-hydrogen) atoms. The van der Waals surface area contributed by atoms with Gasteiger partial charge in [-0.1, -0.05) is 25.9 Å². The molecule has 0 N–H and O–H groups in total. The van der Waals surface area contributed by atoms with Crippen LogP contribution in [0.25, 0.3) is 0 Å². The first-order chi connectivity index (χ1) is 21.0. The van der Waals surface area contributed by atoms with Gasteiger partial charge in [0.15, 0.2) is 11.6 Å². The maximum Gasteiger partial charge on any atom is 0.324 e. The summed E-state index contributed by atoms with van der Waals surface area (Å²) in [7, 11) is 0. The van der Waals surface area contributed by atoms with E-state index in [4.69, 9.17) is 14.0 Å². The molecule has 5 rings (SSSR count). The van der Waals surface area contributed by atoms with Crippen molar-refractivity contribution in [2.75, 3.05) is 49.1 Å². The zero-order valence-electron chi connectivity index (χ0n) is 27.2. The van der Waals surface area contributed by atoms with Gasteiger partial charge in [-0.15, -0.1) is 0 Å². The lowest BCUT2D eigenvalue weighted by Crippen LogP contribution is -2.42. The molecule has 0 aromatic carbocycles. The predicted octanol–water partition coefficient (Wildman–Crippen LogP) is 4.46. The Bertz CT molecular complexity index is 1250. The number of amides is 1. The molecule has 12 heteroatoms. The Morgan fingerprint density at radius 2 is 1.80 bits per heavy atom. The number of carbonyl (C=O) groups is 2. The third-order valence-electron chi connectivity index (χ3n) is 9.07. The van der Waals surface area contributed by atoms with Gasteiger partial charge in [-0.25, -0.2) is 9.97 Å². The number of esters is 1. The number of likely N-dealkylation sites (tertiary alicyclic amines) is 1. The molecule has 3 aliphatic heterocycles. The van der Waals surface area contributed by atoms with E-state index < -0.39 is 5.60 Å². The van der Waals surface area contributed by atoms with E-state index in [0.29, 0.717) is 55.7 Å². The van der Waals surface area contributed by atoms with Crippen LogP contribution in [0.1, 0.15) is 91.8 Å². The van der Waals surface area contributed by atoms with E-state index in [-0.39, 0.29) is 36.2 Å². The van der Waals surface area contributed by atoms with Crippen molar-refractivity contribution in [2.24, 2.45) is 17.8 Å². The molecule has 5 heterocycles. The summed E-state index contributed by atoms with van der Waals surface area (Å²) in [6.45, 7) is 16.4. The maximum atomic E-state index is 12.7. The van der Waals surface area contributed by atoms with Crippen molar-refractivity contribution in [1.82, 2.24) is 25.0 Å². The minimum atomic E-state index is -0.545. The summed E-state index contributed by atoms with van der Waals surface area (Å²) in [6.07, 6.45) is 8.26. The molecule has 12 nitrogen and oxygen atoms in total. The van der Waals surface area contributed by atoms with Crippen molar-refractivity contribution in [3.8, 4) is 5.75 Å². The number of carbonyl (C=O) groups excluding carboxylic acids is 2. The van der Waals surface area contributed by atoms with Crippen molar-refractivity contribution >= 4 is 23.8 Å². The summed E-state index contributed by atoms with van der Waals surface area (Å²) in [4.78, 5) is 45.2. The van der Waals surface area contributed by atoms with Crippen LogP contribution in [0.5, 0.6) is 5.75 Å². The summed E-state index contributed by atoms with van der Waals surface area (Å²) in [5, 5.41) is 4.10. The van der Waals surface area contributed by atoms with Crippen molar-refractivity contribution in [1.29, 1.82) is 0 Å². The third kappa shape index (κ3) is 7.98. The Hall–Kier alpha value is -3.44. The van der Waals surface area contributed by atoms with E-state index in [0.717, 1.165) is 51.1 Å². The van der Waals surface area contributed by atoms with E-state index in [1.54, 1.807) is 12.4 Å². The molecule has 2 aromatic rings. The van der Waals surface area contributed by atoms with Crippen LogP contribution in [0.2, 0.25) is 0 Å². The minimum Gasteiger partial charge on any atom is -0.490 e. The number of hydrogen-bond acceptors (Lipinski definition) is 11. The minimum absolute atomic E-state index is 0.0377. The number of anilines is 2. The first kappa shape index (κ1) is 32.0. The second kappa shape index (κ2) is 13.7. The van der Waals surface area contributed by atoms with Gasteiger partial charge in [0, 0.05) is 51.0 Å². The average Bonchev–Trinajstić information content (AvgIpc) is 3.73. The number of aromatic nitrogens is 4. The van der Waals surface area contributed by atoms with Gasteiger partial charge in [0.1, 0.15) is 5.60 Å². The molecule has 3 atom stereocenters. The molecule has 242 valence electrons.